The molecule has 0 spiro atoms. The lowest BCUT2D eigenvalue weighted by atomic mass is 9.74. The van der Waals surface area contributed by atoms with E-state index in [1.165, 1.54) is 57.4 Å². The number of imidazole rings is 1. The van der Waals surface area contributed by atoms with Gasteiger partial charge in [0.15, 0.2) is 5.65 Å². The highest BCUT2D eigenvalue weighted by Gasteiger charge is 2.44. The van der Waals surface area contributed by atoms with E-state index in [0.29, 0.717) is 0 Å². The Morgan fingerprint density at radius 2 is 2.12 bits per heavy atom. The molecule has 2 aromatic heterocycles. The van der Waals surface area contributed by atoms with E-state index < -0.39 is 0 Å². The average Bonchev–Trinajstić information content (AvgIpc) is 3.11. The van der Waals surface area contributed by atoms with E-state index in [0.717, 1.165) is 36.1 Å². The molecular weight excluding hydrogens is 310 g/mol. The predicted octanol–water partition coefficient (Wildman–Crippen LogP) is 3.21. The third-order valence-corrected chi connectivity index (χ3v) is 6.76. The average molecular weight is 339 g/mol. The minimum Gasteiger partial charge on any atom is -0.356 e. The van der Waals surface area contributed by atoms with Gasteiger partial charge in [0.25, 0.3) is 0 Å². The monoisotopic (exact) mass is 339 g/mol. The smallest absolute Gasteiger partial charge is 0.156 e. The van der Waals surface area contributed by atoms with E-state index in [2.05, 4.69) is 37.3 Å². The summed E-state index contributed by atoms with van der Waals surface area (Å²) in [6, 6.07) is 1.65. The third kappa shape index (κ3) is 2.64. The summed E-state index contributed by atoms with van der Waals surface area (Å²) in [5, 5.41) is 0. The summed E-state index contributed by atoms with van der Waals surface area (Å²) in [7, 11) is 0. The highest BCUT2D eigenvalue weighted by molar-refractivity contribution is 5.49. The van der Waals surface area contributed by atoms with Crippen molar-refractivity contribution in [3.63, 3.8) is 0 Å². The molecule has 0 amide bonds. The van der Waals surface area contributed by atoms with Gasteiger partial charge in [0.05, 0.1) is 12.4 Å². The normalized spacial score (nSPS) is 32.8. The molecule has 3 aliphatic heterocycles. The van der Waals surface area contributed by atoms with E-state index in [1.807, 2.05) is 18.6 Å². The fourth-order valence-corrected chi connectivity index (χ4v) is 5.81. The van der Waals surface area contributed by atoms with Gasteiger partial charge in [-0.25, -0.2) is 4.98 Å². The van der Waals surface area contributed by atoms with Gasteiger partial charge in [0.1, 0.15) is 5.82 Å². The Bertz CT molecular complexity index is 739. The summed E-state index contributed by atoms with van der Waals surface area (Å²) in [6.07, 6.45) is 16.2. The quantitative estimate of drug-likeness (QED) is 0.860. The van der Waals surface area contributed by atoms with Gasteiger partial charge >= 0.3 is 0 Å². The van der Waals surface area contributed by atoms with Crippen molar-refractivity contribution >= 4 is 11.5 Å². The van der Waals surface area contributed by atoms with Crippen molar-refractivity contribution in [1.82, 2.24) is 19.3 Å². The van der Waals surface area contributed by atoms with Gasteiger partial charge in [-0.05, 0) is 37.5 Å². The zero-order valence-corrected chi connectivity index (χ0v) is 15.2. The molecule has 2 aromatic rings. The Balaban J connectivity index is 1.41. The van der Waals surface area contributed by atoms with Gasteiger partial charge < -0.3 is 4.90 Å². The minimum atomic E-state index is 0.797. The van der Waals surface area contributed by atoms with Crippen molar-refractivity contribution in [2.75, 3.05) is 24.5 Å². The van der Waals surface area contributed by atoms with Crippen LogP contribution in [0.1, 0.15) is 45.4 Å². The molecule has 25 heavy (non-hydrogen) atoms. The van der Waals surface area contributed by atoms with Gasteiger partial charge in [0, 0.05) is 44.1 Å². The van der Waals surface area contributed by atoms with Crippen LogP contribution in [0.25, 0.3) is 5.65 Å². The van der Waals surface area contributed by atoms with E-state index >= 15 is 0 Å². The zero-order chi connectivity index (χ0) is 16.8. The molecule has 5 rings (SSSR count). The van der Waals surface area contributed by atoms with E-state index in [4.69, 9.17) is 0 Å². The van der Waals surface area contributed by atoms with Gasteiger partial charge in [-0.15, -0.1) is 0 Å². The lowest BCUT2D eigenvalue weighted by Crippen LogP contribution is -2.61. The lowest BCUT2D eigenvalue weighted by molar-refractivity contribution is -0.0216. The molecule has 134 valence electrons. The molecular formula is C20H29N5. The maximum Gasteiger partial charge on any atom is 0.156 e. The molecule has 2 bridgehead atoms. The maximum absolute atomic E-state index is 4.44. The topological polar surface area (TPSA) is 36.7 Å². The van der Waals surface area contributed by atoms with E-state index in [-0.39, 0.29) is 0 Å². The number of rotatable bonds is 3. The Kier molecular flexibility index (Phi) is 3.92. The first-order valence-electron chi connectivity index (χ1n) is 10.1. The SMILES string of the molecule is CCC[C@H]1CCC[C@H]2[C@@H]3C[C@@H](CN(c4cncc5nccn45)C3)CN12. The van der Waals surface area contributed by atoms with Crippen LogP contribution >= 0.6 is 0 Å². The fraction of sp³-hybridized carbons (Fsp3) is 0.700. The van der Waals surface area contributed by atoms with Crippen LogP contribution in [0.2, 0.25) is 0 Å². The van der Waals surface area contributed by atoms with Crippen molar-refractivity contribution in [3.05, 3.63) is 24.8 Å². The molecule has 0 radical (unpaired) electrons. The highest BCUT2D eigenvalue weighted by Crippen LogP contribution is 2.41. The molecule has 4 atom stereocenters. The number of hydrogen-bond donors (Lipinski definition) is 0. The van der Waals surface area contributed by atoms with Crippen molar-refractivity contribution in [1.29, 1.82) is 0 Å². The van der Waals surface area contributed by atoms with Gasteiger partial charge in [-0.3, -0.25) is 14.3 Å². The van der Waals surface area contributed by atoms with Gasteiger partial charge in [0.2, 0.25) is 0 Å². The summed E-state index contributed by atoms with van der Waals surface area (Å²) in [6.45, 7) is 5.98. The van der Waals surface area contributed by atoms with Crippen LogP contribution in [0.3, 0.4) is 0 Å². The molecule has 3 aliphatic rings. The minimum absolute atomic E-state index is 0.797. The molecule has 0 N–H and O–H groups in total. The van der Waals surface area contributed by atoms with E-state index in [1.54, 1.807) is 0 Å². The first-order chi connectivity index (χ1) is 12.3. The summed E-state index contributed by atoms with van der Waals surface area (Å²) < 4.78 is 2.20. The largest absolute Gasteiger partial charge is 0.356 e. The van der Waals surface area contributed by atoms with Crippen LogP contribution in [-0.4, -0.2) is 51.0 Å². The standard InChI is InChI=1S/C20H29N5/c1-2-4-17-5-3-6-18-16-9-15(13-25(17)18)12-23(14-16)20-11-21-10-19-22-7-8-24(19)20/h7-8,10-11,15-18H,2-6,9,12-14H2,1H3/t15-,16+,17-,18-/m0/s1. The van der Waals surface area contributed by atoms with Gasteiger partial charge in [-0.1, -0.05) is 19.8 Å². The van der Waals surface area contributed by atoms with Crippen LogP contribution in [0.4, 0.5) is 5.82 Å². The highest BCUT2D eigenvalue weighted by atomic mass is 15.3. The molecule has 5 heteroatoms. The molecule has 0 unspecified atom stereocenters. The molecule has 5 heterocycles. The third-order valence-electron chi connectivity index (χ3n) is 6.76. The van der Waals surface area contributed by atoms with Crippen molar-refractivity contribution in [2.45, 2.75) is 57.5 Å². The van der Waals surface area contributed by atoms with E-state index in [9.17, 15) is 0 Å². The first kappa shape index (κ1) is 15.6. The Morgan fingerprint density at radius 3 is 3.04 bits per heavy atom. The second-order valence-corrected chi connectivity index (χ2v) is 8.33. The number of aromatic nitrogens is 3. The Labute approximate surface area is 150 Å². The van der Waals surface area contributed by atoms with Crippen molar-refractivity contribution in [2.24, 2.45) is 11.8 Å². The summed E-state index contributed by atoms with van der Waals surface area (Å²) >= 11 is 0. The lowest BCUT2D eigenvalue weighted by Gasteiger charge is -2.55. The Hall–Kier alpha value is -1.62. The van der Waals surface area contributed by atoms with Crippen molar-refractivity contribution in [3.8, 4) is 0 Å². The zero-order valence-electron chi connectivity index (χ0n) is 15.2. The fourth-order valence-electron chi connectivity index (χ4n) is 5.81. The van der Waals surface area contributed by atoms with Crippen LogP contribution < -0.4 is 4.90 Å². The van der Waals surface area contributed by atoms with Gasteiger partial charge in [-0.2, -0.15) is 0 Å². The summed E-state index contributed by atoms with van der Waals surface area (Å²) in [4.78, 5) is 14.3. The Morgan fingerprint density at radius 1 is 1.16 bits per heavy atom. The molecule has 0 saturated carbocycles. The molecule has 5 nitrogen and oxygen atoms in total. The number of nitrogens with zero attached hydrogens (tertiary/aromatic N) is 5. The van der Waals surface area contributed by atoms with Crippen LogP contribution in [0, 0.1) is 11.8 Å². The molecule has 3 fully saturated rings. The van der Waals surface area contributed by atoms with Crippen molar-refractivity contribution < 1.29 is 0 Å². The summed E-state index contributed by atoms with van der Waals surface area (Å²) in [5.74, 6) is 2.83. The molecule has 3 saturated heterocycles. The van der Waals surface area contributed by atoms with Crippen LogP contribution in [0.15, 0.2) is 24.8 Å². The number of piperidine rings is 3. The maximum atomic E-state index is 4.44. The van der Waals surface area contributed by atoms with Crippen LogP contribution in [-0.2, 0) is 0 Å². The summed E-state index contributed by atoms with van der Waals surface area (Å²) in [5.41, 5.74) is 0.954. The number of hydrogen-bond acceptors (Lipinski definition) is 4. The first-order valence-corrected chi connectivity index (χ1v) is 10.1. The molecule has 0 aliphatic carbocycles. The van der Waals surface area contributed by atoms with Crippen LogP contribution in [0.5, 0.6) is 0 Å². The number of anilines is 1. The number of fused-ring (bicyclic) bond motifs is 5. The molecule has 0 aromatic carbocycles. The second kappa shape index (κ2) is 6.27. The second-order valence-electron chi connectivity index (χ2n) is 8.33. The predicted molar refractivity (Wildman–Crippen MR) is 99.8 cm³/mol.